The fourth-order valence-corrected chi connectivity index (χ4v) is 2.68. The Morgan fingerprint density at radius 1 is 1.16 bits per heavy atom. The van der Waals surface area contributed by atoms with Crippen molar-refractivity contribution >= 4 is 17.0 Å². The van der Waals surface area contributed by atoms with Crippen LogP contribution in [0.25, 0.3) is 33.5 Å². The molecule has 0 bridgehead atoms. The third-order valence-electron chi connectivity index (χ3n) is 3.82. The first-order valence-electron chi connectivity index (χ1n) is 7.66. The summed E-state index contributed by atoms with van der Waals surface area (Å²) < 4.78 is 33.0. The summed E-state index contributed by atoms with van der Waals surface area (Å²) in [6, 6.07) is 3.97. The van der Waals surface area contributed by atoms with Gasteiger partial charge in [-0.3, -0.25) is 0 Å². The van der Waals surface area contributed by atoms with Gasteiger partial charge in [0.05, 0.1) is 11.8 Å². The van der Waals surface area contributed by atoms with Gasteiger partial charge in [0.25, 0.3) is 0 Å². The first-order chi connectivity index (χ1) is 12.2. The molecule has 0 unspecified atom stereocenters. The van der Waals surface area contributed by atoms with E-state index in [0.717, 1.165) is 6.07 Å². The molecule has 3 heterocycles. The smallest absolute Gasteiger partial charge is 0.224 e. The van der Waals surface area contributed by atoms with Crippen molar-refractivity contribution in [1.29, 1.82) is 0 Å². The zero-order valence-corrected chi connectivity index (χ0v) is 13.2. The lowest BCUT2D eigenvalue weighted by molar-refractivity contribution is 0.432. The van der Waals surface area contributed by atoms with Crippen molar-refractivity contribution in [1.82, 2.24) is 20.1 Å². The molecule has 1 aromatic carbocycles. The lowest BCUT2D eigenvalue weighted by Gasteiger charge is -2.03. The maximum Gasteiger partial charge on any atom is 0.224 e. The number of nitrogens with one attached hydrogen (secondary N) is 2. The SMILES string of the molecule is CCNc1ncc2c(-c3oncc3-c3cccc(F)c3F)c[nH]c2n1. The molecule has 4 aromatic rings. The second-order valence-electron chi connectivity index (χ2n) is 5.36. The number of hydrogen-bond donors (Lipinski definition) is 2. The molecule has 0 aliphatic rings. The molecule has 0 saturated carbocycles. The number of fused-ring (bicyclic) bond motifs is 1. The molecular formula is C17H13F2N5O. The maximum atomic E-state index is 14.2. The minimum atomic E-state index is -0.947. The fourth-order valence-electron chi connectivity index (χ4n) is 2.68. The van der Waals surface area contributed by atoms with E-state index >= 15 is 0 Å². The van der Waals surface area contributed by atoms with Crippen molar-refractivity contribution in [2.45, 2.75) is 6.92 Å². The van der Waals surface area contributed by atoms with Gasteiger partial charge >= 0.3 is 0 Å². The number of nitrogens with zero attached hydrogens (tertiary/aromatic N) is 3. The van der Waals surface area contributed by atoms with Gasteiger partial charge in [-0.1, -0.05) is 17.3 Å². The topological polar surface area (TPSA) is 79.6 Å². The Morgan fingerprint density at radius 2 is 2.04 bits per heavy atom. The lowest BCUT2D eigenvalue weighted by atomic mass is 10.0. The van der Waals surface area contributed by atoms with Crippen LogP contribution >= 0.6 is 0 Å². The number of rotatable bonds is 4. The first-order valence-corrected chi connectivity index (χ1v) is 7.66. The molecule has 0 aliphatic carbocycles. The molecule has 0 spiro atoms. The number of aromatic nitrogens is 4. The molecule has 6 nitrogen and oxygen atoms in total. The summed E-state index contributed by atoms with van der Waals surface area (Å²) >= 11 is 0. The van der Waals surface area contributed by atoms with Gasteiger partial charge in [0.1, 0.15) is 5.65 Å². The summed E-state index contributed by atoms with van der Waals surface area (Å²) in [5.74, 6) is -1.06. The van der Waals surface area contributed by atoms with Gasteiger partial charge in [0, 0.05) is 35.5 Å². The highest BCUT2D eigenvalue weighted by Crippen LogP contribution is 2.37. The average Bonchev–Trinajstić information content (AvgIpc) is 3.23. The second-order valence-corrected chi connectivity index (χ2v) is 5.36. The number of hydrogen-bond acceptors (Lipinski definition) is 5. The Bertz CT molecular complexity index is 1060. The number of anilines is 1. The molecule has 126 valence electrons. The molecule has 3 aromatic heterocycles. The highest BCUT2D eigenvalue weighted by Gasteiger charge is 2.21. The Kier molecular flexibility index (Phi) is 3.64. The van der Waals surface area contributed by atoms with E-state index in [-0.39, 0.29) is 5.56 Å². The molecule has 2 N–H and O–H groups in total. The van der Waals surface area contributed by atoms with Crippen LogP contribution in [0.5, 0.6) is 0 Å². The molecule has 0 radical (unpaired) electrons. The van der Waals surface area contributed by atoms with E-state index in [1.165, 1.54) is 18.3 Å². The summed E-state index contributed by atoms with van der Waals surface area (Å²) in [4.78, 5) is 11.6. The summed E-state index contributed by atoms with van der Waals surface area (Å²) in [6.07, 6.45) is 4.68. The van der Waals surface area contributed by atoms with Crippen molar-refractivity contribution in [3.05, 3.63) is 48.4 Å². The van der Waals surface area contributed by atoms with Gasteiger partial charge in [-0.2, -0.15) is 4.98 Å². The van der Waals surface area contributed by atoms with Crippen LogP contribution in [-0.4, -0.2) is 26.7 Å². The van der Waals surface area contributed by atoms with Crippen LogP contribution in [0.3, 0.4) is 0 Å². The minimum absolute atomic E-state index is 0.0794. The van der Waals surface area contributed by atoms with Crippen molar-refractivity contribution in [3.63, 3.8) is 0 Å². The maximum absolute atomic E-state index is 14.2. The highest BCUT2D eigenvalue weighted by molar-refractivity contribution is 5.96. The zero-order chi connectivity index (χ0) is 17.4. The Hall–Kier alpha value is -3.29. The predicted octanol–water partition coefficient (Wildman–Crippen LogP) is 3.99. The molecule has 0 fully saturated rings. The molecule has 8 heteroatoms. The number of aromatic amines is 1. The first kappa shape index (κ1) is 15.3. The number of halogens is 2. The molecule has 0 amide bonds. The molecule has 0 aliphatic heterocycles. The van der Waals surface area contributed by atoms with E-state index in [1.807, 2.05) is 6.92 Å². The van der Waals surface area contributed by atoms with Crippen LogP contribution in [0.4, 0.5) is 14.7 Å². The normalized spacial score (nSPS) is 11.2. The van der Waals surface area contributed by atoms with E-state index in [0.29, 0.717) is 40.4 Å². The van der Waals surface area contributed by atoms with Crippen molar-refractivity contribution in [2.24, 2.45) is 0 Å². The van der Waals surface area contributed by atoms with Crippen LogP contribution in [-0.2, 0) is 0 Å². The molecule has 4 rings (SSSR count). The van der Waals surface area contributed by atoms with Gasteiger partial charge in [0.15, 0.2) is 17.4 Å². The Balaban J connectivity index is 1.86. The standard InChI is InChI=1S/C17H13F2N5O/c1-2-20-17-22-7-12-10(6-21-16(12)24-17)15-11(8-23-25-15)9-4-3-5-13(18)14(9)19/h3-8H,2H2,1H3,(H2,20,21,22,24). The molecule has 25 heavy (non-hydrogen) atoms. The summed E-state index contributed by atoms with van der Waals surface area (Å²) in [5.41, 5.74) is 1.65. The Labute approximate surface area is 140 Å². The van der Waals surface area contributed by atoms with E-state index < -0.39 is 11.6 Å². The summed E-state index contributed by atoms with van der Waals surface area (Å²) in [7, 11) is 0. The van der Waals surface area contributed by atoms with Gasteiger partial charge in [0.2, 0.25) is 5.95 Å². The summed E-state index contributed by atoms with van der Waals surface area (Å²) in [6.45, 7) is 2.65. The number of H-pyrrole nitrogens is 1. The fraction of sp³-hybridized carbons (Fsp3) is 0.118. The van der Waals surface area contributed by atoms with Gasteiger partial charge in [-0.15, -0.1) is 0 Å². The van der Waals surface area contributed by atoms with E-state index in [4.69, 9.17) is 4.52 Å². The van der Waals surface area contributed by atoms with Crippen molar-refractivity contribution in [2.75, 3.05) is 11.9 Å². The van der Waals surface area contributed by atoms with E-state index in [2.05, 4.69) is 25.4 Å². The third kappa shape index (κ3) is 2.51. The monoisotopic (exact) mass is 341 g/mol. The highest BCUT2D eigenvalue weighted by atomic mass is 19.2. The van der Waals surface area contributed by atoms with Crippen LogP contribution in [0, 0.1) is 11.6 Å². The van der Waals surface area contributed by atoms with E-state index in [9.17, 15) is 8.78 Å². The Morgan fingerprint density at radius 3 is 2.88 bits per heavy atom. The molecule has 0 saturated heterocycles. The van der Waals surface area contributed by atoms with Crippen molar-refractivity contribution in [3.8, 4) is 22.5 Å². The zero-order valence-electron chi connectivity index (χ0n) is 13.2. The van der Waals surface area contributed by atoms with Crippen LogP contribution in [0.1, 0.15) is 6.92 Å². The molecule has 0 atom stereocenters. The third-order valence-corrected chi connectivity index (χ3v) is 3.82. The van der Waals surface area contributed by atoms with Crippen molar-refractivity contribution < 1.29 is 13.3 Å². The number of benzene rings is 1. The predicted molar refractivity (Wildman–Crippen MR) is 88.9 cm³/mol. The summed E-state index contributed by atoms with van der Waals surface area (Å²) in [5, 5.41) is 7.46. The van der Waals surface area contributed by atoms with Gasteiger partial charge in [-0.05, 0) is 13.0 Å². The second kappa shape index (κ2) is 5.97. The van der Waals surface area contributed by atoms with E-state index in [1.54, 1.807) is 12.4 Å². The minimum Gasteiger partial charge on any atom is -0.356 e. The van der Waals surface area contributed by atoms with Gasteiger partial charge in [-0.25, -0.2) is 13.8 Å². The molecular weight excluding hydrogens is 328 g/mol. The van der Waals surface area contributed by atoms with Gasteiger partial charge < -0.3 is 14.8 Å². The van der Waals surface area contributed by atoms with Crippen LogP contribution in [0.15, 0.2) is 41.3 Å². The lowest BCUT2D eigenvalue weighted by Crippen LogP contribution is -2.01. The largest absolute Gasteiger partial charge is 0.356 e. The average molecular weight is 341 g/mol. The van der Waals surface area contributed by atoms with Crippen LogP contribution < -0.4 is 5.32 Å². The van der Waals surface area contributed by atoms with Crippen LogP contribution in [0.2, 0.25) is 0 Å². The quantitative estimate of drug-likeness (QED) is 0.587.